The zero-order valence-electron chi connectivity index (χ0n) is 30.1. The van der Waals surface area contributed by atoms with Gasteiger partial charge in [0.25, 0.3) is 10.1 Å². The number of aryl methyl sites for hydroxylation is 2. The molecule has 0 saturated carbocycles. The molecule has 2 aromatic carbocycles. The Hall–Kier alpha value is -4.17. The normalized spacial score (nSPS) is 15.7. The number of alkyl carbamates (subject to hydrolysis) is 2. The van der Waals surface area contributed by atoms with Crippen molar-refractivity contribution in [3.8, 4) is 0 Å². The largest absolute Gasteiger partial charge is 0.444 e. The maximum absolute atomic E-state index is 14.1. The van der Waals surface area contributed by atoms with Crippen molar-refractivity contribution >= 4 is 34.1 Å². The van der Waals surface area contributed by atoms with Crippen molar-refractivity contribution in [2.45, 2.75) is 96.6 Å². The highest BCUT2D eigenvalue weighted by Crippen LogP contribution is 2.17. The van der Waals surface area contributed by atoms with Gasteiger partial charge < -0.3 is 29.9 Å². The number of hydrogen-bond acceptors (Lipinski definition) is 9. The molecule has 0 aliphatic carbocycles. The van der Waals surface area contributed by atoms with Crippen molar-refractivity contribution in [3.05, 3.63) is 71.8 Å². The predicted molar refractivity (Wildman–Crippen MR) is 189 cm³/mol. The van der Waals surface area contributed by atoms with E-state index in [1.807, 2.05) is 60.7 Å². The first-order valence-corrected chi connectivity index (χ1v) is 18.6. The maximum Gasteiger partial charge on any atom is 0.408 e. The van der Waals surface area contributed by atoms with Gasteiger partial charge in [0.05, 0.1) is 19.3 Å². The monoisotopic (exact) mass is 716 g/mol. The van der Waals surface area contributed by atoms with Crippen LogP contribution in [0.2, 0.25) is 0 Å². The Labute approximate surface area is 296 Å². The van der Waals surface area contributed by atoms with Gasteiger partial charge in [-0.25, -0.2) is 9.59 Å². The molecule has 276 valence electrons. The molecule has 1 fully saturated rings. The van der Waals surface area contributed by atoms with Gasteiger partial charge in [-0.3, -0.25) is 13.8 Å². The summed E-state index contributed by atoms with van der Waals surface area (Å²) < 4.78 is 40.9. The molecule has 1 saturated heterocycles. The summed E-state index contributed by atoms with van der Waals surface area (Å²) in [5.74, 6) is -0.952. The highest BCUT2D eigenvalue weighted by Gasteiger charge is 2.37. The van der Waals surface area contributed by atoms with Crippen molar-refractivity contribution in [2.24, 2.45) is 0 Å². The number of carbonyl (C=O) groups is 4. The molecule has 14 heteroatoms. The van der Waals surface area contributed by atoms with E-state index in [4.69, 9.17) is 13.7 Å². The van der Waals surface area contributed by atoms with Crippen molar-refractivity contribution in [1.29, 1.82) is 0 Å². The highest BCUT2D eigenvalue weighted by atomic mass is 32.2. The minimum Gasteiger partial charge on any atom is -0.444 e. The number of nitrogens with zero attached hydrogens (tertiary/aromatic N) is 2. The van der Waals surface area contributed by atoms with Gasteiger partial charge in [-0.05, 0) is 78.4 Å². The molecule has 1 aliphatic rings. The molecule has 0 radical (unpaired) electrons. The van der Waals surface area contributed by atoms with Crippen LogP contribution in [0.15, 0.2) is 60.7 Å². The van der Waals surface area contributed by atoms with E-state index in [1.165, 1.54) is 9.80 Å². The molecule has 1 aliphatic heterocycles. The van der Waals surface area contributed by atoms with Crippen molar-refractivity contribution < 1.29 is 41.3 Å². The second-order valence-corrected chi connectivity index (χ2v) is 16.0. The van der Waals surface area contributed by atoms with E-state index in [0.29, 0.717) is 12.8 Å². The lowest BCUT2D eigenvalue weighted by Gasteiger charge is -2.29. The van der Waals surface area contributed by atoms with Crippen molar-refractivity contribution in [2.75, 3.05) is 32.4 Å². The first-order chi connectivity index (χ1) is 23.3. The first-order valence-electron chi connectivity index (χ1n) is 16.8. The first kappa shape index (κ1) is 40.3. The van der Waals surface area contributed by atoms with Gasteiger partial charge >= 0.3 is 12.2 Å². The summed E-state index contributed by atoms with van der Waals surface area (Å²) in [6.07, 6.45) is -0.353. The molecule has 0 aromatic heterocycles. The van der Waals surface area contributed by atoms with E-state index in [1.54, 1.807) is 41.5 Å². The minimum atomic E-state index is -4.01. The van der Waals surface area contributed by atoms with E-state index in [2.05, 4.69) is 10.6 Å². The Morgan fingerprint density at radius 3 is 1.38 bits per heavy atom. The average molecular weight is 717 g/mol. The fourth-order valence-electron chi connectivity index (χ4n) is 5.45. The predicted octanol–water partition coefficient (Wildman–Crippen LogP) is 4.05. The Kier molecular flexibility index (Phi) is 14.2. The molecule has 2 atom stereocenters. The van der Waals surface area contributed by atoms with Gasteiger partial charge in [0.2, 0.25) is 11.8 Å². The van der Waals surface area contributed by atoms with Crippen LogP contribution >= 0.6 is 0 Å². The summed E-state index contributed by atoms with van der Waals surface area (Å²) in [5.41, 5.74) is 0.307. The van der Waals surface area contributed by atoms with Gasteiger partial charge in [-0.2, -0.15) is 8.42 Å². The number of ether oxygens (including phenoxy) is 2. The molecule has 0 unspecified atom stereocenters. The van der Waals surface area contributed by atoms with E-state index in [-0.39, 0.29) is 39.0 Å². The topological polar surface area (TPSA) is 161 Å². The molecule has 13 nitrogen and oxygen atoms in total. The Bertz CT molecular complexity index is 1440. The standard InChI is InChI=1S/C36H52N4O9S/c1-35(2,3)47-33(43)37-29(20-18-26-14-10-8-11-15-26)31(41)39-22-23-40(25-28(24-39)49-50(7,45)46)32(42)30(38-34(44)48-36(4,5)6)21-19-27-16-12-9-13-17-27/h8-17,28-30H,18-25H2,1-7H3,(H,37,43)(H,38,44)/t29-,30-/m0/s1. The molecule has 4 amide bonds. The fraction of sp³-hybridized carbons (Fsp3) is 0.556. The zero-order valence-corrected chi connectivity index (χ0v) is 31.0. The molecule has 0 bridgehead atoms. The molecule has 3 rings (SSSR count). The smallest absolute Gasteiger partial charge is 0.408 e. The second-order valence-electron chi connectivity index (χ2n) is 14.4. The van der Waals surface area contributed by atoms with Crippen LogP contribution in [0, 0.1) is 0 Å². The summed E-state index contributed by atoms with van der Waals surface area (Å²) in [5, 5.41) is 5.39. The average Bonchev–Trinajstić information content (AvgIpc) is 3.21. The molecule has 2 aromatic rings. The summed E-state index contributed by atoms with van der Waals surface area (Å²) in [6, 6.07) is 16.9. The van der Waals surface area contributed by atoms with Crippen LogP contribution in [0.4, 0.5) is 9.59 Å². The van der Waals surface area contributed by atoms with Crippen molar-refractivity contribution in [3.63, 3.8) is 0 Å². The number of nitrogens with one attached hydrogen (secondary N) is 2. The summed E-state index contributed by atoms with van der Waals surface area (Å²) in [7, 11) is -4.01. The van der Waals surface area contributed by atoms with Gasteiger partial charge in [0, 0.05) is 13.1 Å². The maximum atomic E-state index is 14.1. The van der Waals surface area contributed by atoms with Crippen LogP contribution in [0.25, 0.3) is 0 Å². The summed E-state index contributed by atoms with van der Waals surface area (Å²) >= 11 is 0. The highest BCUT2D eigenvalue weighted by molar-refractivity contribution is 7.86. The minimum absolute atomic E-state index is 0.0177. The van der Waals surface area contributed by atoms with Crippen LogP contribution in [0.3, 0.4) is 0 Å². The molecule has 2 N–H and O–H groups in total. The SMILES string of the molecule is CC(C)(C)OC(=O)N[C@@H](CCc1ccccc1)C(=O)N1CCN(C(=O)[C@H](CCc2ccccc2)NC(=O)OC(C)(C)C)CC(OS(C)(=O)=O)C1. The lowest BCUT2D eigenvalue weighted by Crippen LogP contribution is -2.52. The summed E-state index contributed by atoms with van der Waals surface area (Å²) in [4.78, 5) is 56.7. The van der Waals surface area contributed by atoms with Crippen LogP contribution in [0.1, 0.15) is 65.5 Å². The number of amides is 4. The zero-order chi connectivity index (χ0) is 37.1. The van der Waals surface area contributed by atoms with Crippen LogP contribution in [-0.4, -0.2) is 104 Å². The number of rotatable bonds is 12. The van der Waals surface area contributed by atoms with Gasteiger partial charge in [-0.15, -0.1) is 0 Å². The Morgan fingerprint density at radius 1 is 0.700 bits per heavy atom. The van der Waals surface area contributed by atoms with E-state index >= 15 is 0 Å². The van der Waals surface area contributed by atoms with E-state index in [0.717, 1.165) is 17.4 Å². The number of benzene rings is 2. The van der Waals surface area contributed by atoms with Crippen LogP contribution in [0.5, 0.6) is 0 Å². The third-order valence-electron chi connectivity index (χ3n) is 7.53. The fourth-order valence-corrected chi connectivity index (χ4v) is 6.06. The van der Waals surface area contributed by atoms with Crippen LogP contribution < -0.4 is 10.6 Å². The van der Waals surface area contributed by atoms with Gasteiger partial charge in [0.1, 0.15) is 29.4 Å². The Morgan fingerprint density at radius 2 is 1.06 bits per heavy atom. The van der Waals surface area contributed by atoms with Gasteiger partial charge in [-0.1, -0.05) is 60.7 Å². The lowest BCUT2D eigenvalue weighted by atomic mass is 10.0. The van der Waals surface area contributed by atoms with Gasteiger partial charge in [0.15, 0.2) is 0 Å². The Balaban J connectivity index is 1.87. The molecule has 1 heterocycles. The lowest BCUT2D eigenvalue weighted by molar-refractivity contribution is -0.135. The van der Waals surface area contributed by atoms with Crippen LogP contribution in [-0.2, 0) is 46.2 Å². The van der Waals surface area contributed by atoms with E-state index < -0.39 is 63.5 Å². The van der Waals surface area contributed by atoms with E-state index in [9.17, 15) is 27.6 Å². The number of hydrogen-bond donors (Lipinski definition) is 2. The third-order valence-corrected chi connectivity index (χ3v) is 8.15. The molecule has 50 heavy (non-hydrogen) atoms. The molecular formula is C36H52N4O9S. The van der Waals surface area contributed by atoms with Crippen molar-refractivity contribution in [1.82, 2.24) is 20.4 Å². The second kappa shape index (κ2) is 17.7. The third kappa shape index (κ3) is 14.8. The number of carbonyl (C=O) groups excluding carboxylic acids is 4. The summed E-state index contributed by atoms with van der Waals surface area (Å²) in [6.45, 7) is 9.99. The molecular weight excluding hydrogens is 664 g/mol. The quantitative estimate of drug-likeness (QED) is 0.309. The molecule has 0 spiro atoms.